The first-order valence-corrected chi connectivity index (χ1v) is 15.6. The molecule has 0 bridgehead atoms. The summed E-state index contributed by atoms with van der Waals surface area (Å²) in [6, 6.07) is 6.62. The molecule has 254 valence electrons. The third kappa shape index (κ3) is 12.2. The van der Waals surface area contributed by atoms with Crippen molar-refractivity contribution in [1.82, 2.24) is 0 Å². The molecule has 2 rings (SSSR count). The van der Waals surface area contributed by atoms with Gasteiger partial charge in [-0.3, -0.25) is 19.2 Å². The molecule has 0 aliphatic rings. The highest BCUT2D eigenvalue weighted by Gasteiger charge is 2.23. The van der Waals surface area contributed by atoms with Gasteiger partial charge in [-0.15, -0.1) is 0 Å². The van der Waals surface area contributed by atoms with Crippen molar-refractivity contribution in [3.63, 3.8) is 0 Å². The van der Waals surface area contributed by atoms with Crippen LogP contribution in [0.1, 0.15) is 110 Å². The van der Waals surface area contributed by atoms with Crippen molar-refractivity contribution in [3.05, 3.63) is 57.6 Å². The lowest BCUT2D eigenvalue weighted by Gasteiger charge is -2.22. The Labute approximate surface area is 272 Å². The van der Waals surface area contributed by atoms with Crippen LogP contribution in [-0.4, -0.2) is 73.4 Å². The first kappa shape index (κ1) is 38.4. The molecule has 0 saturated heterocycles. The molecule has 0 radical (unpaired) electrons. The van der Waals surface area contributed by atoms with Gasteiger partial charge in [0.25, 0.3) is 0 Å². The van der Waals surface area contributed by atoms with Gasteiger partial charge in [-0.05, 0) is 60.1 Å². The Bertz CT molecular complexity index is 1270. The number of carbonyl (C=O) groups is 4. The molecule has 0 heterocycles. The van der Waals surface area contributed by atoms with E-state index < -0.39 is 11.9 Å². The van der Waals surface area contributed by atoms with Crippen LogP contribution < -0.4 is 0 Å². The Hall–Kier alpha value is -3.76. The van der Waals surface area contributed by atoms with E-state index in [-0.39, 0.29) is 99.2 Å². The predicted molar refractivity (Wildman–Crippen MR) is 174 cm³/mol. The minimum Gasteiger partial charge on any atom is -0.507 e. The van der Waals surface area contributed by atoms with Crippen LogP contribution in [0.5, 0.6) is 11.5 Å². The van der Waals surface area contributed by atoms with Crippen LogP contribution in [0.4, 0.5) is 0 Å². The van der Waals surface area contributed by atoms with Gasteiger partial charge in [-0.25, -0.2) is 0 Å². The van der Waals surface area contributed by atoms with Gasteiger partial charge in [-0.1, -0.05) is 41.5 Å². The molecule has 0 atom stereocenters. The predicted octanol–water partition coefficient (Wildman–Crippen LogP) is 6.06. The summed E-state index contributed by atoms with van der Waals surface area (Å²) in [7, 11) is 0. The lowest BCUT2D eigenvalue weighted by atomic mass is 9.83. The monoisotopic (exact) mass is 642 g/mol. The summed E-state index contributed by atoms with van der Waals surface area (Å²) in [5.41, 5.74) is 2.83. The summed E-state index contributed by atoms with van der Waals surface area (Å²) in [6.45, 7) is 16.1. The van der Waals surface area contributed by atoms with Crippen molar-refractivity contribution in [2.24, 2.45) is 0 Å². The van der Waals surface area contributed by atoms with Gasteiger partial charge in [0.15, 0.2) is 11.6 Å². The number of Topliss-reactive ketones (excluding diaryl/α,β-unsaturated/α-hetero) is 2. The molecule has 0 aliphatic carbocycles. The fourth-order valence-corrected chi connectivity index (χ4v) is 4.64. The molecule has 2 aromatic rings. The van der Waals surface area contributed by atoms with Gasteiger partial charge in [0.05, 0.1) is 39.3 Å². The number of aromatic hydroxyl groups is 2. The standard InChI is InChI=1S/C36H50O10/c1-23-19-25(21-27(33(23)41)35(3,4)5)29(37)9-11-31(39)45-17-15-43-13-14-44-16-18-46-32(40)12-10-30(38)26-20-24(2)34(42)28(22-26)36(6,7)8/h19-22,41-42H,9-18H2,1-8H3. The molecule has 2 aromatic carbocycles. The first-order valence-electron chi connectivity index (χ1n) is 15.6. The topological polar surface area (TPSA) is 146 Å². The molecule has 0 aromatic heterocycles. The number of benzene rings is 2. The number of ketones is 2. The van der Waals surface area contributed by atoms with Crippen molar-refractivity contribution in [2.45, 2.75) is 91.9 Å². The summed E-state index contributed by atoms with van der Waals surface area (Å²) in [6.07, 6.45) is -0.125. The zero-order chi connectivity index (χ0) is 34.7. The van der Waals surface area contributed by atoms with E-state index in [1.807, 2.05) is 41.5 Å². The van der Waals surface area contributed by atoms with Crippen LogP contribution in [0.3, 0.4) is 0 Å². The smallest absolute Gasteiger partial charge is 0.306 e. The Morgan fingerprint density at radius 1 is 0.543 bits per heavy atom. The molecule has 0 saturated carbocycles. The molecule has 0 amide bonds. The minimum atomic E-state index is -0.504. The van der Waals surface area contributed by atoms with Crippen LogP contribution in [0.2, 0.25) is 0 Å². The molecule has 46 heavy (non-hydrogen) atoms. The molecular weight excluding hydrogens is 592 g/mol. The van der Waals surface area contributed by atoms with Gasteiger partial charge < -0.3 is 29.2 Å². The highest BCUT2D eigenvalue weighted by Crippen LogP contribution is 2.35. The fraction of sp³-hybridized carbons (Fsp3) is 0.556. The van der Waals surface area contributed by atoms with Gasteiger partial charge >= 0.3 is 11.9 Å². The molecule has 0 spiro atoms. The quantitative estimate of drug-likeness (QED) is 0.119. The summed E-state index contributed by atoms with van der Waals surface area (Å²) >= 11 is 0. The summed E-state index contributed by atoms with van der Waals surface area (Å²) in [5, 5.41) is 20.7. The minimum absolute atomic E-state index is 0.00138. The van der Waals surface area contributed by atoms with Gasteiger partial charge in [0.1, 0.15) is 24.7 Å². The van der Waals surface area contributed by atoms with E-state index in [2.05, 4.69) is 0 Å². The van der Waals surface area contributed by atoms with Crippen LogP contribution in [0.15, 0.2) is 24.3 Å². The molecule has 2 N–H and O–H groups in total. The number of esters is 2. The molecule has 0 aliphatic heterocycles. The lowest BCUT2D eigenvalue weighted by Crippen LogP contribution is -2.16. The Balaban J connectivity index is 1.55. The first-order chi connectivity index (χ1) is 21.4. The average molecular weight is 643 g/mol. The van der Waals surface area contributed by atoms with E-state index in [1.54, 1.807) is 38.1 Å². The maximum absolute atomic E-state index is 12.6. The van der Waals surface area contributed by atoms with Crippen molar-refractivity contribution in [2.75, 3.05) is 39.6 Å². The van der Waals surface area contributed by atoms with E-state index in [0.29, 0.717) is 33.4 Å². The number of phenolic OH excluding ortho intramolecular Hbond substituents is 2. The van der Waals surface area contributed by atoms with Crippen LogP contribution in [-0.2, 0) is 39.4 Å². The van der Waals surface area contributed by atoms with Gasteiger partial charge in [-0.2, -0.15) is 0 Å². The summed E-state index contributed by atoms with van der Waals surface area (Å²) < 4.78 is 21.0. The largest absolute Gasteiger partial charge is 0.507 e. The van der Waals surface area contributed by atoms with E-state index in [9.17, 15) is 29.4 Å². The van der Waals surface area contributed by atoms with Crippen molar-refractivity contribution < 1.29 is 48.3 Å². The normalized spacial score (nSPS) is 11.7. The van der Waals surface area contributed by atoms with E-state index in [0.717, 1.165) is 0 Å². The van der Waals surface area contributed by atoms with E-state index >= 15 is 0 Å². The van der Waals surface area contributed by atoms with Crippen molar-refractivity contribution >= 4 is 23.5 Å². The second-order valence-corrected chi connectivity index (χ2v) is 13.4. The van der Waals surface area contributed by atoms with E-state index in [4.69, 9.17) is 18.9 Å². The number of carbonyl (C=O) groups excluding carboxylic acids is 4. The van der Waals surface area contributed by atoms with Gasteiger partial charge in [0, 0.05) is 35.1 Å². The summed E-state index contributed by atoms with van der Waals surface area (Å²) in [5.74, 6) is -1.05. The second-order valence-electron chi connectivity index (χ2n) is 13.4. The summed E-state index contributed by atoms with van der Waals surface area (Å²) in [4.78, 5) is 49.4. The maximum atomic E-state index is 12.6. The van der Waals surface area contributed by atoms with Crippen molar-refractivity contribution in [3.8, 4) is 11.5 Å². The third-order valence-corrected chi connectivity index (χ3v) is 7.33. The van der Waals surface area contributed by atoms with Crippen LogP contribution in [0, 0.1) is 13.8 Å². The van der Waals surface area contributed by atoms with E-state index in [1.165, 1.54) is 0 Å². The Morgan fingerprint density at radius 3 is 1.20 bits per heavy atom. The second kappa shape index (κ2) is 17.2. The lowest BCUT2D eigenvalue weighted by molar-refractivity contribution is -0.146. The molecule has 10 heteroatoms. The van der Waals surface area contributed by atoms with Crippen LogP contribution >= 0.6 is 0 Å². The highest BCUT2D eigenvalue weighted by atomic mass is 16.6. The Morgan fingerprint density at radius 2 is 0.870 bits per heavy atom. The zero-order valence-corrected chi connectivity index (χ0v) is 28.5. The highest BCUT2D eigenvalue weighted by molar-refractivity contribution is 5.99. The molecule has 0 fully saturated rings. The SMILES string of the molecule is Cc1cc(C(=O)CCC(=O)OCCOCCOCCOC(=O)CCC(=O)c2cc(C)c(O)c(C(C)(C)C)c2)cc(C(C)(C)C)c1O. The number of phenols is 2. The van der Waals surface area contributed by atoms with Gasteiger partial charge in [0.2, 0.25) is 0 Å². The average Bonchev–Trinajstić information content (AvgIpc) is 2.96. The maximum Gasteiger partial charge on any atom is 0.306 e. The third-order valence-electron chi connectivity index (χ3n) is 7.33. The van der Waals surface area contributed by atoms with Crippen molar-refractivity contribution in [1.29, 1.82) is 0 Å². The molecule has 0 unspecified atom stereocenters. The number of hydrogen-bond donors (Lipinski definition) is 2. The molecular formula is C36H50O10. The number of ether oxygens (including phenoxy) is 4. The molecule has 10 nitrogen and oxygen atoms in total. The zero-order valence-electron chi connectivity index (χ0n) is 28.5. The number of rotatable bonds is 17. The van der Waals surface area contributed by atoms with Crippen LogP contribution in [0.25, 0.3) is 0 Å². The fourth-order valence-electron chi connectivity index (χ4n) is 4.64. The number of aryl methyl sites for hydroxylation is 2. The number of hydrogen-bond acceptors (Lipinski definition) is 10. The Kier molecular flexibility index (Phi) is 14.4.